The quantitative estimate of drug-likeness (QED) is 0.358. The third kappa shape index (κ3) is 3.22. The van der Waals surface area contributed by atoms with Crippen molar-refractivity contribution in [2.75, 3.05) is 6.61 Å². The van der Waals surface area contributed by atoms with E-state index in [1.54, 1.807) is 19.1 Å². The maximum atomic E-state index is 11.3. The second-order valence-corrected chi connectivity index (χ2v) is 3.11. The van der Waals surface area contributed by atoms with E-state index in [2.05, 4.69) is 4.79 Å². The van der Waals surface area contributed by atoms with Crippen LogP contribution >= 0.6 is 0 Å². The Morgan fingerprint density at radius 3 is 2.56 bits per heavy atom. The zero-order valence-corrected chi connectivity index (χ0v) is 8.88. The molecule has 0 amide bonds. The van der Waals surface area contributed by atoms with Crippen LogP contribution in [0.25, 0.3) is 5.53 Å². The largest absolute Gasteiger partial charge is 0.508 e. The smallest absolute Gasteiger partial charge is 0.417 e. The number of hydrogen-bond donors (Lipinski definition) is 1. The van der Waals surface area contributed by atoms with Crippen molar-refractivity contribution in [3.8, 4) is 5.75 Å². The predicted molar refractivity (Wildman–Crippen MR) is 57.1 cm³/mol. The van der Waals surface area contributed by atoms with E-state index in [4.69, 9.17) is 15.4 Å². The van der Waals surface area contributed by atoms with Crippen molar-refractivity contribution < 1.29 is 19.4 Å². The molecule has 5 heteroatoms. The van der Waals surface area contributed by atoms with Crippen LogP contribution in [0.5, 0.6) is 5.75 Å². The molecule has 84 valence electrons. The summed E-state index contributed by atoms with van der Waals surface area (Å²) in [4.78, 5) is 14.2. The van der Waals surface area contributed by atoms with Gasteiger partial charge in [0.25, 0.3) is 0 Å². The minimum Gasteiger partial charge on any atom is -0.508 e. The van der Waals surface area contributed by atoms with E-state index in [0.29, 0.717) is 0 Å². The highest BCUT2D eigenvalue weighted by molar-refractivity contribution is 6.34. The van der Waals surface area contributed by atoms with E-state index in [1.165, 1.54) is 12.1 Å². The third-order valence-corrected chi connectivity index (χ3v) is 1.94. The van der Waals surface area contributed by atoms with Crippen LogP contribution in [0.3, 0.4) is 0 Å². The van der Waals surface area contributed by atoms with Gasteiger partial charge in [-0.25, -0.2) is 4.79 Å². The zero-order valence-electron chi connectivity index (χ0n) is 8.88. The van der Waals surface area contributed by atoms with E-state index in [9.17, 15) is 4.79 Å². The van der Waals surface area contributed by atoms with Crippen LogP contribution in [0.2, 0.25) is 0 Å². The number of carbonyl (C=O) groups excluding carboxylic acids is 1. The van der Waals surface area contributed by atoms with Crippen molar-refractivity contribution in [2.24, 2.45) is 0 Å². The third-order valence-electron chi connectivity index (χ3n) is 1.94. The molecule has 0 fully saturated rings. The van der Waals surface area contributed by atoms with Crippen molar-refractivity contribution in [2.45, 2.75) is 13.3 Å². The summed E-state index contributed by atoms with van der Waals surface area (Å²) in [6.07, 6.45) is 0.162. The minimum absolute atomic E-state index is 0.0625. The Bertz CT molecular complexity index is 419. The molecule has 1 rings (SSSR count). The highest BCUT2D eigenvalue weighted by Gasteiger charge is 2.21. The van der Waals surface area contributed by atoms with E-state index in [0.717, 1.165) is 5.56 Å². The van der Waals surface area contributed by atoms with Crippen molar-refractivity contribution in [1.82, 2.24) is 0 Å². The first-order valence-electron chi connectivity index (χ1n) is 4.83. The second kappa shape index (κ2) is 5.68. The molecule has 0 aliphatic carbocycles. The Hall–Kier alpha value is -2.13. The van der Waals surface area contributed by atoms with Gasteiger partial charge in [-0.3, -0.25) is 0 Å². The molecule has 0 atom stereocenters. The molecule has 0 aliphatic rings. The fourth-order valence-corrected chi connectivity index (χ4v) is 1.17. The van der Waals surface area contributed by atoms with Gasteiger partial charge in [-0.05, 0) is 24.6 Å². The van der Waals surface area contributed by atoms with Gasteiger partial charge in [-0.1, -0.05) is 12.1 Å². The molecule has 0 saturated heterocycles. The maximum Gasteiger partial charge on any atom is 0.417 e. The molecule has 1 aromatic carbocycles. The van der Waals surface area contributed by atoms with Crippen LogP contribution in [0.1, 0.15) is 12.5 Å². The monoisotopic (exact) mass is 220 g/mol. The van der Waals surface area contributed by atoms with Crippen molar-refractivity contribution >= 4 is 11.7 Å². The summed E-state index contributed by atoms with van der Waals surface area (Å²) in [5, 5.41) is 9.07. The summed E-state index contributed by atoms with van der Waals surface area (Å²) in [5.74, 6) is -0.500. The van der Waals surface area contributed by atoms with Crippen LogP contribution in [0, 0.1) is 0 Å². The van der Waals surface area contributed by atoms with Crippen LogP contribution in [-0.4, -0.2) is 28.2 Å². The number of carbonyl (C=O) groups is 1. The van der Waals surface area contributed by atoms with Gasteiger partial charge in [-0.2, -0.15) is 4.79 Å². The Morgan fingerprint density at radius 1 is 1.44 bits per heavy atom. The maximum absolute atomic E-state index is 11.3. The first-order chi connectivity index (χ1) is 7.67. The Labute approximate surface area is 92.9 Å². The summed E-state index contributed by atoms with van der Waals surface area (Å²) < 4.78 is 4.71. The number of phenols is 1. The SMILES string of the molecule is CCOC(=O)C(Cc1ccc(O)cc1)=[N+]=[N-]. The number of esters is 1. The minimum atomic E-state index is -0.641. The fraction of sp³-hybridized carbons (Fsp3) is 0.273. The first kappa shape index (κ1) is 11.9. The number of aromatic hydroxyl groups is 1. The second-order valence-electron chi connectivity index (χ2n) is 3.11. The number of rotatable bonds is 4. The average Bonchev–Trinajstić information content (AvgIpc) is 2.28. The number of benzene rings is 1. The van der Waals surface area contributed by atoms with Gasteiger partial charge in [0.1, 0.15) is 5.75 Å². The number of nitrogens with zero attached hydrogens (tertiary/aromatic N) is 2. The average molecular weight is 220 g/mol. The lowest BCUT2D eigenvalue weighted by Gasteiger charge is -1.98. The van der Waals surface area contributed by atoms with Gasteiger partial charge in [0.2, 0.25) is 0 Å². The lowest BCUT2D eigenvalue weighted by Crippen LogP contribution is -2.20. The molecule has 0 heterocycles. The summed E-state index contributed by atoms with van der Waals surface area (Å²) in [6, 6.07) is 6.27. The molecule has 0 bridgehead atoms. The molecule has 0 radical (unpaired) electrons. The Kier molecular flexibility index (Phi) is 4.24. The topological polar surface area (TPSA) is 82.9 Å². The molecule has 0 aliphatic heterocycles. The van der Waals surface area contributed by atoms with Crippen LogP contribution < -0.4 is 0 Å². The van der Waals surface area contributed by atoms with Gasteiger partial charge in [0.05, 0.1) is 13.0 Å². The van der Waals surface area contributed by atoms with Crippen molar-refractivity contribution in [3.05, 3.63) is 35.4 Å². The lowest BCUT2D eigenvalue weighted by molar-refractivity contribution is -0.140. The van der Waals surface area contributed by atoms with Gasteiger partial charge >= 0.3 is 11.7 Å². The number of phenolic OH excluding ortho intramolecular Hbond substituents is 1. The van der Waals surface area contributed by atoms with Gasteiger partial charge in [0, 0.05) is 0 Å². The van der Waals surface area contributed by atoms with Gasteiger partial charge < -0.3 is 15.4 Å². The van der Waals surface area contributed by atoms with E-state index in [1.807, 2.05) is 0 Å². The summed E-state index contributed by atoms with van der Waals surface area (Å²) in [5.41, 5.74) is 9.36. The highest BCUT2D eigenvalue weighted by Crippen LogP contribution is 2.10. The van der Waals surface area contributed by atoms with E-state index in [-0.39, 0.29) is 24.5 Å². The van der Waals surface area contributed by atoms with E-state index < -0.39 is 5.97 Å². The van der Waals surface area contributed by atoms with Gasteiger partial charge in [-0.15, -0.1) is 0 Å². The molecular weight excluding hydrogens is 208 g/mol. The summed E-state index contributed by atoms with van der Waals surface area (Å²) >= 11 is 0. The van der Waals surface area contributed by atoms with Crippen LogP contribution in [-0.2, 0) is 16.0 Å². The molecule has 0 unspecified atom stereocenters. The van der Waals surface area contributed by atoms with Crippen LogP contribution in [0.4, 0.5) is 0 Å². The standard InChI is InChI=1S/C11H12N2O3/c1-2-16-11(15)10(13-12)7-8-3-5-9(14)6-4-8/h3-6,14H,2,7H2,1H3. The number of ether oxygens (including phenoxy) is 1. The molecule has 1 N–H and O–H groups in total. The normalized spacial score (nSPS) is 9.31. The highest BCUT2D eigenvalue weighted by atomic mass is 16.5. The van der Waals surface area contributed by atoms with Crippen molar-refractivity contribution in [1.29, 1.82) is 0 Å². The summed E-state index contributed by atoms with van der Waals surface area (Å²) in [7, 11) is 0. The fourth-order valence-electron chi connectivity index (χ4n) is 1.17. The molecule has 0 saturated carbocycles. The molecular formula is C11H12N2O3. The first-order valence-corrected chi connectivity index (χ1v) is 4.83. The predicted octanol–water partition coefficient (Wildman–Crippen LogP) is 1.17. The lowest BCUT2D eigenvalue weighted by atomic mass is 10.1. The van der Waals surface area contributed by atoms with Crippen LogP contribution in [0.15, 0.2) is 24.3 Å². The van der Waals surface area contributed by atoms with Gasteiger partial charge in [0.15, 0.2) is 0 Å². The molecule has 1 aromatic rings. The molecule has 0 aromatic heterocycles. The molecule has 5 nitrogen and oxygen atoms in total. The Balaban J connectivity index is 2.75. The Morgan fingerprint density at radius 2 is 2.06 bits per heavy atom. The zero-order chi connectivity index (χ0) is 12.0. The number of hydrogen-bond acceptors (Lipinski definition) is 3. The van der Waals surface area contributed by atoms with E-state index >= 15 is 0 Å². The molecule has 16 heavy (non-hydrogen) atoms. The summed E-state index contributed by atoms with van der Waals surface area (Å²) in [6.45, 7) is 1.90. The van der Waals surface area contributed by atoms with Crippen molar-refractivity contribution in [3.63, 3.8) is 0 Å². The molecule has 0 spiro atoms.